The molecule has 2 rings (SSSR count). The fourth-order valence-corrected chi connectivity index (χ4v) is 3.33. The van der Waals surface area contributed by atoms with Gasteiger partial charge in [0, 0.05) is 32.7 Å². The Kier molecular flexibility index (Phi) is 8.98. The molecule has 0 bridgehead atoms. The Hall–Kier alpha value is -1.53. The van der Waals surface area contributed by atoms with Crippen LogP contribution < -0.4 is 10.6 Å². The summed E-state index contributed by atoms with van der Waals surface area (Å²) in [6.07, 6.45) is 4.96. The molecule has 0 aliphatic carbocycles. The number of unbranched alkanes of at least 4 members (excludes halogenated alkanes) is 2. The van der Waals surface area contributed by atoms with Crippen molar-refractivity contribution in [3.8, 4) is 0 Å². The molecule has 1 fully saturated rings. The highest BCUT2D eigenvalue weighted by atomic mass is 16.5. The van der Waals surface area contributed by atoms with E-state index < -0.39 is 0 Å². The minimum absolute atomic E-state index is 0.182. The van der Waals surface area contributed by atoms with E-state index >= 15 is 0 Å². The van der Waals surface area contributed by atoms with Crippen molar-refractivity contribution in [1.29, 1.82) is 0 Å². The standard InChI is InChI=1S/C20H36N4O2/c1-5-6-7-8-16(2)23-20(21-4)22-15-18(19-10-9-17(3)26-19)24-11-13-25-14-12-24/h9-10,16,18H,5-8,11-15H2,1-4H3,(H2,21,22,23). The number of hydrogen-bond donors (Lipinski definition) is 2. The quantitative estimate of drug-likeness (QED) is 0.400. The minimum Gasteiger partial charge on any atom is -0.465 e. The Balaban J connectivity index is 1.92. The molecule has 1 aromatic rings. The molecule has 0 amide bonds. The van der Waals surface area contributed by atoms with Gasteiger partial charge in [-0.3, -0.25) is 9.89 Å². The summed E-state index contributed by atoms with van der Waals surface area (Å²) in [5.41, 5.74) is 0. The van der Waals surface area contributed by atoms with Crippen LogP contribution in [0.15, 0.2) is 21.5 Å². The molecule has 0 aromatic carbocycles. The van der Waals surface area contributed by atoms with E-state index in [1.54, 1.807) is 0 Å². The molecule has 2 unspecified atom stereocenters. The van der Waals surface area contributed by atoms with Gasteiger partial charge in [0.2, 0.25) is 0 Å². The summed E-state index contributed by atoms with van der Waals surface area (Å²) in [7, 11) is 1.83. The molecule has 1 aliphatic heterocycles. The van der Waals surface area contributed by atoms with Crippen LogP contribution in [0.5, 0.6) is 0 Å². The second-order valence-electron chi connectivity index (χ2n) is 7.11. The van der Waals surface area contributed by atoms with Gasteiger partial charge in [0.25, 0.3) is 0 Å². The molecule has 1 aliphatic rings. The summed E-state index contributed by atoms with van der Waals surface area (Å²) >= 11 is 0. The maximum absolute atomic E-state index is 5.93. The van der Waals surface area contributed by atoms with Crippen molar-refractivity contribution in [3.05, 3.63) is 23.7 Å². The van der Waals surface area contributed by atoms with Gasteiger partial charge in [0.15, 0.2) is 5.96 Å². The monoisotopic (exact) mass is 364 g/mol. The summed E-state index contributed by atoms with van der Waals surface area (Å²) in [6, 6.07) is 4.72. The Bertz CT molecular complexity index is 538. The maximum Gasteiger partial charge on any atom is 0.191 e. The third-order valence-corrected chi connectivity index (χ3v) is 4.89. The van der Waals surface area contributed by atoms with Gasteiger partial charge in [-0.1, -0.05) is 26.2 Å². The van der Waals surface area contributed by atoms with Crippen LogP contribution in [-0.2, 0) is 4.74 Å². The van der Waals surface area contributed by atoms with E-state index in [9.17, 15) is 0 Å². The zero-order valence-corrected chi connectivity index (χ0v) is 16.9. The Morgan fingerprint density at radius 1 is 1.27 bits per heavy atom. The molecule has 6 nitrogen and oxygen atoms in total. The van der Waals surface area contributed by atoms with Crippen LogP contribution in [0, 0.1) is 6.92 Å². The molecule has 6 heteroatoms. The van der Waals surface area contributed by atoms with Gasteiger partial charge >= 0.3 is 0 Å². The van der Waals surface area contributed by atoms with Gasteiger partial charge in [0.05, 0.1) is 19.3 Å². The van der Waals surface area contributed by atoms with Crippen molar-refractivity contribution in [1.82, 2.24) is 15.5 Å². The molecule has 0 radical (unpaired) electrons. The second kappa shape index (κ2) is 11.2. The number of furan rings is 1. The summed E-state index contributed by atoms with van der Waals surface area (Å²) in [5, 5.41) is 7.00. The summed E-state index contributed by atoms with van der Waals surface area (Å²) < 4.78 is 11.4. The first-order valence-corrected chi connectivity index (χ1v) is 9.99. The first kappa shape index (κ1) is 20.8. The fraction of sp³-hybridized carbons (Fsp3) is 0.750. The number of guanidine groups is 1. The molecule has 2 atom stereocenters. The molecule has 0 saturated carbocycles. The first-order chi connectivity index (χ1) is 12.6. The average Bonchev–Trinajstić information content (AvgIpc) is 3.08. The van der Waals surface area contributed by atoms with Crippen molar-refractivity contribution in [2.24, 2.45) is 4.99 Å². The average molecular weight is 365 g/mol. The smallest absolute Gasteiger partial charge is 0.191 e. The molecule has 2 N–H and O–H groups in total. The predicted octanol–water partition coefficient (Wildman–Crippen LogP) is 3.10. The van der Waals surface area contributed by atoms with E-state index in [1.807, 2.05) is 20.0 Å². The Morgan fingerprint density at radius 3 is 2.65 bits per heavy atom. The van der Waals surface area contributed by atoms with E-state index in [1.165, 1.54) is 25.7 Å². The van der Waals surface area contributed by atoms with Crippen LogP contribution in [0.2, 0.25) is 0 Å². The van der Waals surface area contributed by atoms with Gasteiger partial charge in [-0.05, 0) is 32.4 Å². The van der Waals surface area contributed by atoms with E-state index in [0.717, 1.165) is 50.3 Å². The number of aliphatic imine (C=N–C) groups is 1. The third-order valence-electron chi connectivity index (χ3n) is 4.89. The van der Waals surface area contributed by atoms with Crippen molar-refractivity contribution < 1.29 is 9.15 Å². The highest BCUT2D eigenvalue weighted by molar-refractivity contribution is 5.79. The summed E-state index contributed by atoms with van der Waals surface area (Å²) in [5.74, 6) is 2.81. The molecule has 1 saturated heterocycles. The van der Waals surface area contributed by atoms with Gasteiger partial charge in [0.1, 0.15) is 11.5 Å². The molecule has 2 heterocycles. The fourth-order valence-electron chi connectivity index (χ4n) is 3.33. The van der Waals surface area contributed by atoms with Crippen LogP contribution >= 0.6 is 0 Å². The van der Waals surface area contributed by atoms with Crippen LogP contribution in [0.1, 0.15) is 57.1 Å². The number of aryl methyl sites for hydroxylation is 1. The predicted molar refractivity (Wildman–Crippen MR) is 107 cm³/mol. The highest BCUT2D eigenvalue weighted by Crippen LogP contribution is 2.23. The Morgan fingerprint density at radius 2 is 2.04 bits per heavy atom. The van der Waals surface area contributed by atoms with E-state index in [-0.39, 0.29) is 6.04 Å². The van der Waals surface area contributed by atoms with Crippen LogP contribution in [0.3, 0.4) is 0 Å². The van der Waals surface area contributed by atoms with Crippen LogP contribution in [0.4, 0.5) is 0 Å². The normalized spacial score (nSPS) is 18.5. The molecule has 26 heavy (non-hydrogen) atoms. The maximum atomic E-state index is 5.93. The van der Waals surface area contributed by atoms with Gasteiger partial charge < -0.3 is 19.8 Å². The minimum atomic E-state index is 0.182. The number of nitrogens with one attached hydrogen (secondary N) is 2. The molecule has 1 aromatic heterocycles. The molecule has 0 spiro atoms. The van der Waals surface area contributed by atoms with Crippen molar-refractivity contribution >= 4 is 5.96 Å². The number of ether oxygens (including phenoxy) is 1. The third kappa shape index (κ3) is 6.65. The number of nitrogens with zero attached hydrogens (tertiary/aromatic N) is 2. The highest BCUT2D eigenvalue weighted by Gasteiger charge is 2.25. The van der Waals surface area contributed by atoms with E-state index in [0.29, 0.717) is 6.04 Å². The number of hydrogen-bond acceptors (Lipinski definition) is 4. The lowest BCUT2D eigenvalue weighted by Gasteiger charge is -2.33. The largest absolute Gasteiger partial charge is 0.465 e. The van der Waals surface area contributed by atoms with Crippen molar-refractivity contribution in [2.45, 2.75) is 58.5 Å². The number of rotatable bonds is 9. The summed E-state index contributed by atoms with van der Waals surface area (Å²) in [6.45, 7) is 10.6. The summed E-state index contributed by atoms with van der Waals surface area (Å²) in [4.78, 5) is 6.82. The van der Waals surface area contributed by atoms with Crippen molar-refractivity contribution in [3.63, 3.8) is 0 Å². The zero-order valence-electron chi connectivity index (χ0n) is 16.9. The molecular formula is C20H36N4O2. The lowest BCUT2D eigenvalue weighted by atomic mass is 10.1. The SMILES string of the molecule is CCCCCC(C)NC(=NC)NCC(c1ccc(C)o1)N1CCOCC1. The zero-order chi connectivity index (χ0) is 18.8. The number of morpholine rings is 1. The topological polar surface area (TPSA) is 62.0 Å². The molecular weight excluding hydrogens is 328 g/mol. The van der Waals surface area contributed by atoms with Crippen LogP contribution in [-0.4, -0.2) is 56.8 Å². The van der Waals surface area contributed by atoms with Gasteiger partial charge in [-0.15, -0.1) is 0 Å². The first-order valence-electron chi connectivity index (χ1n) is 9.99. The van der Waals surface area contributed by atoms with Crippen molar-refractivity contribution in [2.75, 3.05) is 39.9 Å². The Labute approximate surface area is 158 Å². The van der Waals surface area contributed by atoms with E-state index in [4.69, 9.17) is 9.15 Å². The molecule has 148 valence electrons. The van der Waals surface area contributed by atoms with Gasteiger partial charge in [-0.2, -0.15) is 0 Å². The van der Waals surface area contributed by atoms with Gasteiger partial charge in [-0.25, -0.2) is 0 Å². The van der Waals surface area contributed by atoms with Crippen LogP contribution in [0.25, 0.3) is 0 Å². The lowest BCUT2D eigenvalue weighted by molar-refractivity contribution is 0.0124. The lowest BCUT2D eigenvalue weighted by Crippen LogP contribution is -2.47. The second-order valence-corrected chi connectivity index (χ2v) is 7.11. The van der Waals surface area contributed by atoms with E-state index in [2.05, 4.69) is 40.4 Å².